The number of amides is 2. The predicted octanol–water partition coefficient (Wildman–Crippen LogP) is 3.12. The molecular formula is C22H21FN2O4. The van der Waals surface area contributed by atoms with E-state index in [1.807, 2.05) is 12.1 Å². The number of ether oxygens (including phenoxy) is 1. The molecule has 0 radical (unpaired) electrons. The number of anilines is 2. The fourth-order valence-electron chi connectivity index (χ4n) is 3.81. The Hall–Kier alpha value is -3.22. The highest BCUT2D eigenvalue weighted by Crippen LogP contribution is 2.34. The Labute approximate surface area is 167 Å². The molecule has 0 aromatic heterocycles. The monoisotopic (exact) mass is 396 g/mol. The second kappa shape index (κ2) is 7.66. The number of fused-ring (bicyclic) bond motifs is 2. The molecule has 0 fully saturated rings. The molecule has 1 aliphatic heterocycles. The fraction of sp³-hybridized carbons (Fsp3) is 0.318. The van der Waals surface area contributed by atoms with Gasteiger partial charge < -0.3 is 14.5 Å². The lowest BCUT2D eigenvalue weighted by molar-refractivity contribution is -0.122. The lowest BCUT2D eigenvalue weighted by Gasteiger charge is -2.34. The molecule has 2 aliphatic rings. The van der Waals surface area contributed by atoms with Crippen molar-refractivity contribution < 1.29 is 23.5 Å². The summed E-state index contributed by atoms with van der Waals surface area (Å²) in [6.45, 7) is 0.261. The van der Waals surface area contributed by atoms with E-state index in [-0.39, 0.29) is 30.6 Å². The average molecular weight is 396 g/mol. The molecule has 0 saturated carbocycles. The maximum absolute atomic E-state index is 13.6. The Morgan fingerprint density at radius 3 is 2.79 bits per heavy atom. The number of benzene rings is 2. The molecule has 150 valence electrons. The van der Waals surface area contributed by atoms with E-state index in [9.17, 15) is 18.8 Å². The van der Waals surface area contributed by atoms with Crippen LogP contribution in [0.25, 0.3) is 0 Å². The van der Waals surface area contributed by atoms with Gasteiger partial charge in [0.1, 0.15) is 18.1 Å². The number of carbonyl (C=O) groups is 3. The van der Waals surface area contributed by atoms with E-state index in [2.05, 4.69) is 0 Å². The number of carbonyl (C=O) groups excluding carboxylic acids is 3. The molecule has 0 atom stereocenters. The fourth-order valence-corrected chi connectivity index (χ4v) is 3.81. The van der Waals surface area contributed by atoms with Gasteiger partial charge in [0, 0.05) is 31.0 Å². The number of rotatable bonds is 5. The van der Waals surface area contributed by atoms with Gasteiger partial charge in [-0.05, 0) is 37.1 Å². The van der Waals surface area contributed by atoms with Crippen molar-refractivity contribution in [3.8, 4) is 5.75 Å². The molecule has 6 nitrogen and oxygen atoms in total. The molecule has 1 heterocycles. The SMILES string of the molecule is CN1C(=O)CN(C(=O)CCCOc2cccc3c2CCC3=O)c2ccc(F)cc21. The first-order chi connectivity index (χ1) is 14.0. The van der Waals surface area contributed by atoms with Gasteiger partial charge in [-0.2, -0.15) is 0 Å². The van der Waals surface area contributed by atoms with Gasteiger partial charge in [-0.3, -0.25) is 14.4 Å². The third kappa shape index (κ3) is 3.60. The van der Waals surface area contributed by atoms with Crippen LogP contribution in [0.2, 0.25) is 0 Å². The summed E-state index contributed by atoms with van der Waals surface area (Å²) in [6, 6.07) is 9.51. The van der Waals surface area contributed by atoms with E-state index in [0.29, 0.717) is 43.0 Å². The summed E-state index contributed by atoms with van der Waals surface area (Å²) in [5.41, 5.74) is 2.57. The molecular weight excluding hydrogens is 375 g/mol. The Morgan fingerprint density at radius 1 is 1.14 bits per heavy atom. The van der Waals surface area contributed by atoms with Crippen LogP contribution in [0.1, 0.15) is 35.2 Å². The molecule has 0 spiro atoms. The van der Waals surface area contributed by atoms with Gasteiger partial charge in [0.15, 0.2) is 5.78 Å². The van der Waals surface area contributed by atoms with E-state index in [1.165, 1.54) is 28.0 Å². The number of hydrogen-bond donors (Lipinski definition) is 0. The summed E-state index contributed by atoms with van der Waals surface area (Å²) in [4.78, 5) is 39.5. The van der Waals surface area contributed by atoms with Crippen molar-refractivity contribution >= 4 is 29.0 Å². The highest BCUT2D eigenvalue weighted by atomic mass is 19.1. The number of likely N-dealkylation sites (N-methyl/N-ethyl adjacent to an activating group) is 1. The molecule has 7 heteroatoms. The first-order valence-corrected chi connectivity index (χ1v) is 9.60. The Bertz CT molecular complexity index is 1000. The highest BCUT2D eigenvalue weighted by Gasteiger charge is 2.30. The Kier molecular flexibility index (Phi) is 5.05. The summed E-state index contributed by atoms with van der Waals surface area (Å²) in [5, 5.41) is 0. The Morgan fingerprint density at radius 2 is 1.97 bits per heavy atom. The number of nitrogens with zero attached hydrogens (tertiary/aromatic N) is 2. The van der Waals surface area contributed by atoms with Crippen LogP contribution in [0.5, 0.6) is 5.75 Å². The van der Waals surface area contributed by atoms with E-state index in [4.69, 9.17) is 4.74 Å². The van der Waals surface area contributed by atoms with Gasteiger partial charge in [0.25, 0.3) is 0 Å². The molecule has 2 amide bonds. The van der Waals surface area contributed by atoms with Gasteiger partial charge in [0.05, 0.1) is 18.0 Å². The second-order valence-corrected chi connectivity index (χ2v) is 7.22. The molecule has 0 bridgehead atoms. The second-order valence-electron chi connectivity index (χ2n) is 7.22. The average Bonchev–Trinajstić information content (AvgIpc) is 3.10. The minimum atomic E-state index is -0.458. The van der Waals surface area contributed by atoms with Crippen molar-refractivity contribution in [3.63, 3.8) is 0 Å². The molecule has 0 unspecified atom stereocenters. The quantitative estimate of drug-likeness (QED) is 0.729. The lowest BCUT2D eigenvalue weighted by Crippen LogP contribution is -2.46. The van der Waals surface area contributed by atoms with E-state index in [1.54, 1.807) is 13.1 Å². The molecule has 29 heavy (non-hydrogen) atoms. The van der Waals surface area contributed by atoms with Gasteiger partial charge in [-0.15, -0.1) is 0 Å². The molecule has 1 aliphatic carbocycles. The van der Waals surface area contributed by atoms with Gasteiger partial charge >= 0.3 is 0 Å². The zero-order valence-corrected chi connectivity index (χ0v) is 16.1. The van der Waals surface area contributed by atoms with Gasteiger partial charge in [-0.1, -0.05) is 12.1 Å². The zero-order valence-electron chi connectivity index (χ0n) is 16.1. The number of halogens is 1. The van der Waals surface area contributed by atoms with Crippen molar-refractivity contribution in [3.05, 3.63) is 53.3 Å². The summed E-state index contributed by atoms with van der Waals surface area (Å²) in [6.07, 6.45) is 1.85. The number of hydrogen-bond acceptors (Lipinski definition) is 4. The summed E-state index contributed by atoms with van der Waals surface area (Å²) in [5.74, 6) is -0.111. The van der Waals surface area contributed by atoms with Crippen molar-refractivity contribution in [2.45, 2.75) is 25.7 Å². The molecule has 2 aromatic rings. The molecule has 0 N–H and O–H groups in total. The third-order valence-electron chi connectivity index (χ3n) is 5.39. The van der Waals surface area contributed by atoms with Crippen LogP contribution in [0.3, 0.4) is 0 Å². The van der Waals surface area contributed by atoms with Crippen LogP contribution in [-0.2, 0) is 16.0 Å². The normalized spacial score (nSPS) is 15.4. The molecule has 4 rings (SSSR count). The molecule has 0 saturated heterocycles. The maximum atomic E-state index is 13.6. The summed E-state index contributed by atoms with van der Waals surface area (Å²) >= 11 is 0. The predicted molar refractivity (Wildman–Crippen MR) is 106 cm³/mol. The van der Waals surface area contributed by atoms with Crippen molar-refractivity contribution in [1.29, 1.82) is 0 Å². The molecule has 2 aromatic carbocycles. The van der Waals surface area contributed by atoms with E-state index in [0.717, 1.165) is 11.1 Å². The van der Waals surface area contributed by atoms with Gasteiger partial charge in [-0.25, -0.2) is 4.39 Å². The van der Waals surface area contributed by atoms with E-state index < -0.39 is 5.82 Å². The summed E-state index contributed by atoms with van der Waals surface area (Å²) in [7, 11) is 1.57. The van der Waals surface area contributed by atoms with E-state index >= 15 is 0 Å². The number of ketones is 1. The summed E-state index contributed by atoms with van der Waals surface area (Å²) < 4.78 is 19.4. The third-order valence-corrected chi connectivity index (χ3v) is 5.39. The van der Waals surface area contributed by atoms with Crippen LogP contribution in [0.4, 0.5) is 15.8 Å². The minimum absolute atomic E-state index is 0.0663. The topological polar surface area (TPSA) is 66.9 Å². The van der Waals surface area contributed by atoms with Crippen molar-refractivity contribution in [2.24, 2.45) is 0 Å². The first kappa shape index (κ1) is 19.1. The van der Waals surface area contributed by atoms with Crippen LogP contribution >= 0.6 is 0 Å². The largest absolute Gasteiger partial charge is 0.493 e. The highest BCUT2D eigenvalue weighted by molar-refractivity contribution is 6.10. The van der Waals surface area contributed by atoms with Crippen molar-refractivity contribution in [2.75, 3.05) is 30.0 Å². The maximum Gasteiger partial charge on any atom is 0.246 e. The van der Waals surface area contributed by atoms with Crippen molar-refractivity contribution in [1.82, 2.24) is 0 Å². The van der Waals surface area contributed by atoms with Gasteiger partial charge in [0.2, 0.25) is 11.8 Å². The van der Waals surface area contributed by atoms with Crippen LogP contribution in [0, 0.1) is 5.82 Å². The van der Waals surface area contributed by atoms with Crippen LogP contribution < -0.4 is 14.5 Å². The number of Topliss-reactive ketones (excluding diaryl/α,β-unsaturated/α-hetero) is 1. The van der Waals surface area contributed by atoms with Crippen LogP contribution in [-0.4, -0.2) is 37.8 Å². The zero-order chi connectivity index (χ0) is 20.5. The smallest absolute Gasteiger partial charge is 0.246 e. The lowest BCUT2D eigenvalue weighted by atomic mass is 10.1. The Balaban J connectivity index is 1.38. The standard InChI is InChI=1S/C22H21FN2O4/c1-24-18-12-14(23)7-9-17(18)25(13-22(24)28)21(27)6-3-11-29-20-5-2-4-15-16(20)8-10-19(15)26/h2,4-5,7,9,12H,3,6,8,10-11,13H2,1H3. The minimum Gasteiger partial charge on any atom is -0.493 e. The first-order valence-electron chi connectivity index (χ1n) is 9.60. The van der Waals surface area contributed by atoms with Crippen LogP contribution in [0.15, 0.2) is 36.4 Å².